The van der Waals surface area contributed by atoms with Crippen LogP contribution in [-0.2, 0) is 12.7 Å². The van der Waals surface area contributed by atoms with Crippen LogP contribution in [0.3, 0.4) is 0 Å². The fourth-order valence-electron chi connectivity index (χ4n) is 3.86. The van der Waals surface area contributed by atoms with Crippen LogP contribution < -0.4 is 0 Å². The summed E-state index contributed by atoms with van der Waals surface area (Å²) in [4.78, 5) is 18.3. The first-order valence-corrected chi connectivity index (χ1v) is 10.2. The lowest BCUT2D eigenvalue weighted by Crippen LogP contribution is -2.39. The molecule has 2 heterocycles. The number of nitrogens with zero attached hydrogens (tertiary/aromatic N) is 3. The molecule has 8 heteroatoms. The normalized spacial score (nSPS) is 15.8. The molecule has 0 atom stereocenters. The minimum Gasteiger partial charge on any atom is -0.339 e. The average molecular weight is 466 g/mol. The molecule has 0 bridgehead atoms. The van der Waals surface area contributed by atoms with E-state index < -0.39 is 12.0 Å². The van der Waals surface area contributed by atoms with E-state index in [9.17, 15) is 18.0 Å². The number of amides is 1. The molecule has 4 nitrogen and oxygen atoms in total. The number of likely N-dealkylation sites (tertiary alicyclic amines) is 1. The van der Waals surface area contributed by atoms with Crippen LogP contribution in [0.15, 0.2) is 53.0 Å². The Balaban J connectivity index is 1.48. The van der Waals surface area contributed by atoms with Gasteiger partial charge in [0.1, 0.15) is 0 Å². The van der Waals surface area contributed by atoms with E-state index in [-0.39, 0.29) is 18.4 Å². The molecular weight excluding hydrogens is 447 g/mol. The van der Waals surface area contributed by atoms with Crippen LogP contribution in [0.4, 0.5) is 13.2 Å². The molecule has 0 unspecified atom stereocenters. The molecule has 29 heavy (non-hydrogen) atoms. The number of alkyl halides is 3. The predicted molar refractivity (Wildman–Crippen MR) is 108 cm³/mol. The number of hydrogen-bond acceptors (Lipinski definition) is 2. The lowest BCUT2D eigenvalue weighted by Gasteiger charge is -2.32. The van der Waals surface area contributed by atoms with Crippen LogP contribution >= 0.6 is 15.9 Å². The zero-order valence-electron chi connectivity index (χ0n) is 15.5. The molecule has 0 aliphatic carbocycles. The maximum absolute atomic E-state index is 13.5. The largest absolute Gasteiger partial charge is 0.449 e. The topological polar surface area (TPSA) is 38.1 Å². The zero-order valence-corrected chi connectivity index (χ0v) is 17.1. The van der Waals surface area contributed by atoms with Crippen molar-refractivity contribution >= 4 is 32.9 Å². The summed E-state index contributed by atoms with van der Waals surface area (Å²) >= 11 is 3.37. The van der Waals surface area contributed by atoms with Crippen molar-refractivity contribution in [3.05, 3.63) is 64.4 Å². The second kappa shape index (κ2) is 7.82. The van der Waals surface area contributed by atoms with Gasteiger partial charge in [-0.3, -0.25) is 4.79 Å². The lowest BCUT2D eigenvalue weighted by molar-refractivity contribution is -0.147. The molecule has 0 N–H and O–H groups in total. The van der Waals surface area contributed by atoms with E-state index in [2.05, 4.69) is 20.9 Å². The van der Waals surface area contributed by atoms with Gasteiger partial charge in [0.15, 0.2) is 0 Å². The molecule has 1 saturated heterocycles. The van der Waals surface area contributed by atoms with Gasteiger partial charge in [0.25, 0.3) is 5.91 Å². The number of benzene rings is 2. The third-order valence-electron chi connectivity index (χ3n) is 5.32. The highest BCUT2D eigenvalue weighted by molar-refractivity contribution is 9.10. The number of carbonyl (C=O) groups is 1. The Morgan fingerprint density at radius 2 is 1.83 bits per heavy atom. The summed E-state index contributed by atoms with van der Waals surface area (Å²) in [5.74, 6) is -0.847. The molecular formula is C21H19BrF3N3O. The summed E-state index contributed by atoms with van der Waals surface area (Å²) in [5, 5.41) is 0. The second-order valence-electron chi connectivity index (χ2n) is 7.28. The summed E-state index contributed by atoms with van der Waals surface area (Å²) in [6.45, 7) is 1.31. The van der Waals surface area contributed by atoms with E-state index in [1.807, 2.05) is 12.1 Å². The van der Waals surface area contributed by atoms with Crippen molar-refractivity contribution in [1.29, 1.82) is 0 Å². The van der Waals surface area contributed by atoms with E-state index in [0.29, 0.717) is 42.5 Å². The number of para-hydroxylation sites is 2. The first kappa shape index (κ1) is 19.9. The highest BCUT2D eigenvalue weighted by Gasteiger charge is 2.38. The Labute approximate surface area is 174 Å². The quantitative estimate of drug-likeness (QED) is 0.521. The molecule has 1 aliphatic heterocycles. The summed E-state index contributed by atoms with van der Waals surface area (Å²) < 4.78 is 42.6. The number of halogens is 4. The van der Waals surface area contributed by atoms with Crippen molar-refractivity contribution in [2.45, 2.75) is 25.6 Å². The second-order valence-corrected chi connectivity index (χ2v) is 8.19. The van der Waals surface area contributed by atoms with Gasteiger partial charge >= 0.3 is 6.18 Å². The third-order valence-corrected chi connectivity index (χ3v) is 5.82. The number of fused-ring (bicyclic) bond motifs is 1. The first-order chi connectivity index (χ1) is 13.8. The van der Waals surface area contributed by atoms with Crippen LogP contribution in [0.5, 0.6) is 0 Å². The number of piperidine rings is 1. The number of imidazole rings is 1. The minimum absolute atomic E-state index is 0.0474. The SMILES string of the molecule is O=C(c1cccc(Br)c1)N1CCC(Cn2c(C(F)(F)F)nc3ccccc32)CC1. The lowest BCUT2D eigenvalue weighted by atomic mass is 9.96. The minimum atomic E-state index is -4.50. The Hall–Kier alpha value is -2.35. The first-order valence-electron chi connectivity index (χ1n) is 9.40. The van der Waals surface area contributed by atoms with Crippen LogP contribution in [0.1, 0.15) is 29.0 Å². The molecule has 4 rings (SSSR count). The highest BCUT2D eigenvalue weighted by Crippen LogP contribution is 2.33. The third kappa shape index (κ3) is 4.17. The Morgan fingerprint density at radius 3 is 2.52 bits per heavy atom. The van der Waals surface area contributed by atoms with E-state index >= 15 is 0 Å². The van der Waals surface area contributed by atoms with Crippen molar-refractivity contribution in [2.24, 2.45) is 5.92 Å². The maximum atomic E-state index is 13.5. The van der Waals surface area contributed by atoms with Crippen LogP contribution in [0.25, 0.3) is 11.0 Å². The Kier molecular flexibility index (Phi) is 5.38. The van der Waals surface area contributed by atoms with Crippen LogP contribution in [-0.4, -0.2) is 33.4 Å². The van der Waals surface area contributed by atoms with E-state index in [1.165, 1.54) is 4.57 Å². The van der Waals surface area contributed by atoms with Gasteiger partial charge in [-0.05, 0) is 49.1 Å². The zero-order chi connectivity index (χ0) is 20.6. The number of carbonyl (C=O) groups excluding carboxylic acids is 1. The van der Waals surface area contributed by atoms with Crippen molar-refractivity contribution in [3.8, 4) is 0 Å². The van der Waals surface area contributed by atoms with Crippen molar-refractivity contribution in [3.63, 3.8) is 0 Å². The smallest absolute Gasteiger partial charge is 0.339 e. The number of rotatable bonds is 3. The van der Waals surface area contributed by atoms with Gasteiger partial charge in [-0.1, -0.05) is 34.1 Å². The van der Waals surface area contributed by atoms with Crippen molar-refractivity contribution in [1.82, 2.24) is 14.5 Å². The highest BCUT2D eigenvalue weighted by atomic mass is 79.9. The van der Waals surface area contributed by atoms with Crippen molar-refractivity contribution in [2.75, 3.05) is 13.1 Å². The fourth-order valence-corrected chi connectivity index (χ4v) is 4.26. The predicted octanol–water partition coefficient (Wildman–Crippen LogP) is 5.37. The Bertz CT molecular complexity index is 1040. The molecule has 3 aromatic rings. The molecule has 1 fully saturated rings. The fraction of sp³-hybridized carbons (Fsp3) is 0.333. The van der Waals surface area contributed by atoms with E-state index in [4.69, 9.17) is 0 Å². The molecule has 1 amide bonds. The Morgan fingerprint density at radius 1 is 1.10 bits per heavy atom. The van der Waals surface area contributed by atoms with Crippen molar-refractivity contribution < 1.29 is 18.0 Å². The van der Waals surface area contributed by atoms with E-state index in [0.717, 1.165) is 4.47 Å². The van der Waals surface area contributed by atoms with Gasteiger partial charge < -0.3 is 9.47 Å². The van der Waals surface area contributed by atoms with Crippen LogP contribution in [0.2, 0.25) is 0 Å². The maximum Gasteiger partial charge on any atom is 0.449 e. The molecule has 1 aromatic heterocycles. The number of hydrogen-bond donors (Lipinski definition) is 0. The standard InChI is InChI=1S/C21H19BrF3N3O/c22-16-5-3-4-15(12-16)19(29)27-10-8-14(9-11-27)13-28-18-7-2-1-6-17(18)26-20(28)21(23,24)25/h1-7,12,14H,8-11,13H2. The van der Waals surface area contributed by atoms with E-state index in [1.54, 1.807) is 41.3 Å². The summed E-state index contributed by atoms with van der Waals surface area (Å²) in [6.07, 6.45) is -3.19. The van der Waals surface area contributed by atoms with Gasteiger partial charge in [0.05, 0.1) is 11.0 Å². The molecule has 152 valence electrons. The average Bonchev–Trinajstić information content (AvgIpc) is 3.07. The van der Waals surface area contributed by atoms with Gasteiger partial charge in [-0.15, -0.1) is 0 Å². The van der Waals surface area contributed by atoms with Gasteiger partial charge in [0, 0.05) is 29.7 Å². The summed E-state index contributed by atoms with van der Waals surface area (Å²) in [7, 11) is 0. The monoisotopic (exact) mass is 465 g/mol. The molecule has 2 aromatic carbocycles. The number of aromatic nitrogens is 2. The van der Waals surface area contributed by atoms with Gasteiger partial charge in [-0.2, -0.15) is 13.2 Å². The summed E-state index contributed by atoms with van der Waals surface area (Å²) in [6, 6.07) is 13.9. The molecule has 1 aliphatic rings. The van der Waals surface area contributed by atoms with Crippen LogP contribution in [0, 0.1) is 5.92 Å². The summed E-state index contributed by atoms with van der Waals surface area (Å²) in [5.41, 5.74) is 1.45. The molecule has 0 spiro atoms. The van der Waals surface area contributed by atoms with Gasteiger partial charge in [-0.25, -0.2) is 4.98 Å². The van der Waals surface area contributed by atoms with Gasteiger partial charge in [0.2, 0.25) is 5.82 Å². The molecule has 0 saturated carbocycles. The molecule has 0 radical (unpaired) electrons.